The van der Waals surface area contributed by atoms with E-state index >= 15 is 0 Å². The molecule has 0 aromatic heterocycles. The molecule has 0 spiro atoms. The van der Waals surface area contributed by atoms with Crippen molar-refractivity contribution in [1.29, 1.82) is 0 Å². The Bertz CT molecular complexity index is 245. The van der Waals surface area contributed by atoms with Crippen molar-refractivity contribution in [2.45, 2.75) is 6.42 Å². The van der Waals surface area contributed by atoms with E-state index < -0.39 is 17.8 Å². The molecule has 0 rings (SSSR count). The van der Waals surface area contributed by atoms with E-state index in [9.17, 15) is 14.4 Å². The van der Waals surface area contributed by atoms with Crippen LogP contribution in [-0.2, 0) is 19.1 Å². The smallest absolute Gasteiger partial charge is 0.331 e. The number of carbonyl (C=O) groups is 3. The molecule has 0 radical (unpaired) electrons. The van der Waals surface area contributed by atoms with Gasteiger partial charge in [-0.15, -0.1) is 0 Å². The second-order valence-electron chi connectivity index (χ2n) is 2.06. The Morgan fingerprint density at radius 3 is 2.38 bits per heavy atom. The highest BCUT2D eigenvalue weighted by Gasteiger charge is 1.99. The molecule has 1 amide bonds. The topological polar surface area (TPSA) is 107 Å². The first-order valence-electron chi connectivity index (χ1n) is 3.38. The number of carboxylic acid groups (broad SMARTS) is 1. The minimum Gasteiger partial charge on any atom is -0.478 e. The zero-order valence-corrected chi connectivity index (χ0v) is 6.73. The van der Waals surface area contributed by atoms with E-state index in [2.05, 4.69) is 4.74 Å². The van der Waals surface area contributed by atoms with Gasteiger partial charge in [-0.1, -0.05) is 0 Å². The number of carboxylic acids is 1. The number of nitrogens with two attached hydrogens (primary N) is 1. The quantitative estimate of drug-likeness (QED) is 0.426. The summed E-state index contributed by atoms with van der Waals surface area (Å²) in [6.45, 7) is -0.141. The molecule has 72 valence electrons. The van der Waals surface area contributed by atoms with Gasteiger partial charge in [-0.2, -0.15) is 0 Å². The zero-order chi connectivity index (χ0) is 10.3. The van der Waals surface area contributed by atoms with Gasteiger partial charge in [0.15, 0.2) is 0 Å². The standard InChI is InChI=1S/C7H9NO5/c8-5(9)3-4-13-7(12)2-1-6(10)11/h1-2H,3-4H2,(H2,8,9)(H,10,11)/b2-1+. The normalized spacial score (nSPS) is 9.85. The summed E-state index contributed by atoms with van der Waals surface area (Å²) in [5, 5.41) is 8.11. The van der Waals surface area contributed by atoms with Crippen molar-refractivity contribution < 1.29 is 24.2 Å². The van der Waals surface area contributed by atoms with Gasteiger partial charge in [0.05, 0.1) is 6.42 Å². The highest BCUT2D eigenvalue weighted by atomic mass is 16.5. The predicted molar refractivity (Wildman–Crippen MR) is 41.5 cm³/mol. The van der Waals surface area contributed by atoms with Gasteiger partial charge in [0.1, 0.15) is 6.61 Å². The Labute approximate surface area is 74.0 Å². The van der Waals surface area contributed by atoms with Gasteiger partial charge in [-0.3, -0.25) is 4.79 Å². The number of esters is 1. The number of carbonyl (C=O) groups excluding carboxylic acids is 2. The molecule has 6 nitrogen and oxygen atoms in total. The van der Waals surface area contributed by atoms with E-state index in [0.717, 1.165) is 6.08 Å². The van der Waals surface area contributed by atoms with Crippen LogP contribution in [0.15, 0.2) is 12.2 Å². The Balaban J connectivity index is 3.64. The van der Waals surface area contributed by atoms with E-state index in [1.807, 2.05) is 0 Å². The SMILES string of the molecule is NC(=O)CCOC(=O)/C=C/C(=O)O. The van der Waals surface area contributed by atoms with Gasteiger partial charge in [0.2, 0.25) is 5.91 Å². The monoisotopic (exact) mass is 187 g/mol. The third-order valence-corrected chi connectivity index (χ3v) is 0.955. The van der Waals surface area contributed by atoms with Crippen molar-refractivity contribution in [1.82, 2.24) is 0 Å². The van der Waals surface area contributed by atoms with Gasteiger partial charge < -0.3 is 15.6 Å². The van der Waals surface area contributed by atoms with Gasteiger partial charge >= 0.3 is 11.9 Å². The Kier molecular flexibility index (Phi) is 4.94. The molecule has 0 bridgehead atoms. The highest BCUT2D eigenvalue weighted by molar-refractivity contribution is 5.90. The van der Waals surface area contributed by atoms with Crippen LogP contribution in [0, 0.1) is 0 Å². The maximum Gasteiger partial charge on any atom is 0.331 e. The minimum atomic E-state index is -1.24. The summed E-state index contributed by atoms with van der Waals surface area (Å²) in [4.78, 5) is 30.7. The van der Waals surface area contributed by atoms with Crippen LogP contribution in [0.5, 0.6) is 0 Å². The van der Waals surface area contributed by atoms with Crippen molar-refractivity contribution in [3.05, 3.63) is 12.2 Å². The van der Waals surface area contributed by atoms with Crippen molar-refractivity contribution in [2.75, 3.05) is 6.61 Å². The van der Waals surface area contributed by atoms with Gasteiger partial charge in [-0.25, -0.2) is 9.59 Å². The first kappa shape index (κ1) is 11.2. The van der Waals surface area contributed by atoms with E-state index in [1.54, 1.807) is 0 Å². The molecular weight excluding hydrogens is 178 g/mol. The first-order valence-corrected chi connectivity index (χ1v) is 3.38. The lowest BCUT2D eigenvalue weighted by molar-refractivity contribution is -0.139. The largest absolute Gasteiger partial charge is 0.478 e. The molecule has 0 atom stereocenters. The molecule has 0 heterocycles. The summed E-state index contributed by atoms with van der Waals surface area (Å²) < 4.78 is 4.41. The van der Waals surface area contributed by atoms with E-state index in [-0.39, 0.29) is 13.0 Å². The van der Waals surface area contributed by atoms with Crippen LogP contribution in [0.1, 0.15) is 6.42 Å². The van der Waals surface area contributed by atoms with Crippen molar-refractivity contribution in [3.8, 4) is 0 Å². The molecule has 0 aromatic rings. The summed E-state index contributed by atoms with van der Waals surface area (Å²) >= 11 is 0. The molecule has 6 heteroatoms. The van der Waals surface area contributed by atoms with Crippen LogP contribution in [0.2, 0.25) is 0 Å². The van der Waals surface area contributed by atoms with Crippen molar-refractivity contribution >= 4 is 17.8 Å². The number of primary amides is 1. The van der Waals surface area contributed by atoms with Gasteiger partial charge in [0, 0.05) is 12.2 Å². The Hall–Kier alpha value is -1.85. The summed E-state index contributed by atoms with van der Waals surface area (Å²) in [6.07, 6.45) is 1.32. The molecule has 0 saturated carbocycles. The second kappa shape index (κ2) is 5.76. The predicted octanol–water partition coefficient (Wildman–Crippen LogP) is -0.954. The summed E-state index contributed by atoms with van der Waals surface area (Å²) in [6, 6.07) is 0. The Morgan fingerprint density at radius 2 is 1.92 bits per heavy atom. The average molecular weight is 187 g/mol. The summed E-state index contributed by atoms with van der Waals surface area (Å²) in [5.41, 5.74) is 4.76. The lowest BCUT2D eigenvalue weighted by atomic mass is 10.4. The summed E-state index contributed by atoms with van der Waals surface area (Å²) in [7, 11) is 0. The Morgan fingerprint density at radius 1 is 1.31 bits per heavy atom. The lowest BCUT2D eigenvalue weighted by Gasteiger charge is -1.97. The number of amides is 1. The van der Waals surface area contributed by atoms with Crippen LogP contribution < -0.4 is 5.73 Å². The molecule has 0 fully saturated rings. The van der Waals surface area contributed by atoms with Gasteiger partial charge in [-0.05, 0) is 0 Å². The number of aliphatic carboxylic acids is 1. The van der Waals surface area contributed by atoms with Crippen molar-refractivity contribution in [2.24, 2.45) is 5.73 Å². The molecule has 0 aliphatic rings. The molecule has 0 unspecified atom stereocenters. The number of rotatable bonds is 5. The molecule has 0 aromatic carbocycles. The molecule has 13 heavy (non-hydrogen) atoms. The average Bonchev–Trinajstić information content (AvgIpc) is 2.00. The van der Waals surface area contributed by atoms with Gasteiger partial charge in [0.25, 0.3) is 0 Å². The zero-order valence-electron chi connectivity index (χ0n) is 6.73. The first-order chi connectivity index (χ1) is 6.02. The fourth-order valence-electron chi connectivity index (χ4n) is 0.440. The second-order valence-corrected chi connectivity index (χ2v) is 2.06. The molecule has 0 aliphatic carbocycles. The van der Waals surface area contributed by atoms with E-state index in [4.69, 9.17) is 10.8 Å². The fourth-order valence-corrected chi connectivity index (χ4v) is 0.440. The molecular formula is C7H9NO5. The van der Waals surface area contributed by atoms with Crippen LogP contribution in [0.25, 0.3) is 0 Å². The van der Waals surface area contributed by atoms with Crippen LogP contribution in [0.3, 0.4) is 0 Å². The third kappa shape index (κ3) is 8.05. The number of hydrogen-bond acceptors (Lipinski definition) is 4. The van der Waals surface area contributed by atoms with Crippen LogP contribution in [0.4, 0.5) is 0 Å². The maximum absolute atomic E-state index is 10.6. The lowest BCUT2D eigenvalue weighted by Crippen LogP contribution is -2.15. The van der Waals surface area contributed by atoms with E-state index in [1.165, 1.54) is 0 Å². The minimum absolute atomic E-state index is 0.0767. The van der Waals surface area contributed by atoms with E-state index in [0.29, 0.717) is 6.08 Å². The number of ether oxygens (including phenoxy) is 1. The summed E-state index contributed by atoms with van der Waals surface area (Å²) in [5.74, 6) is -2.65. The number of hydrogen-bond donors (Lipinski definition) is 2. The fraction of sp³-hybridized carbons (Fsp3) is 0.286. The highest BCUT2D eigenvalue weighted by Crippen LogP contribution is 1.85. The molecule has 0 saturated heterocycles. The molecule has 3 N–H and O–H groups in total. The maximum atomic E-state index is 10.6. The molecule has 0 aliphatic heterocycles. The van der Waals surface area contributed by atoms with Crippen LogP contribution in [-0.4, -0.2) is 29.6 Å². The van der Waals surface area contributed by atoms with Crippen molar-refractivity contribution in [3.63, 3.8) is 0 Å². The third-order valence-electron chi connectivity index (χ3n) is 0.955. The van der Waals surface area contributed by atoms with Crippen LogP contribution >= 0.6 is 0 Å².